The summed E-state index contributed by atoms with van der Waals surface area (Å²) in [6.45, 7) is 2.03. The van der Waals surface area contributed by atoms with E-state index in [-0.39, 0.29) is 20.4 Å². The van der Waals surface area contributed by atoms with Gasteiger partial charge in [0, 0.05) is 60.4 Å². The number of benzene rings is 6. The second-order valence-electron chi connectivity index (χ2n) is 12.6. The Morgan fingerprint density at radius 2 is 1.21 bits per heavy atom. The van der Waals surface area contributed by atoms with Gasteiger partial charge in [0.25, 0.3) is 0 Å². The van der Waals surface area contributed by atoms with Crippen LogP contribution in [-0.4, -0.2) is 14.1 Å². The van der Waals surface area contributed by atoms with Crippen molar-refractivity contribution in [2.45, 2.75) is 0 Å². The van der Waals surface area contributed by atoms with Gasteiger partial charge < -0.3 is 23.7 Å². The summed E-state index contributed by atoms with van der Waals surface area (Å²) >= 11 is 0. The van der Waals surface area contributed by atoms with Crippen LogP contribution in [0.3, 0.4) is 0 Å². The number of para-hydroxylation sites is 3. The second kappa shape index (κ2) is 13.6. The Hall–Kier alpha value is -6.39. The van der Waals surface area contributed by atoms with Crippen LogP contribution in [0.15, 0.2) is 176 Å². The third-order valence-corrected chi connectivity index (χ3v) is 9.49. The van der Waals surface area contributed by atoms with Crippen LogP contribution < -0.4 is 14.5 Å². The normalized spacial score (nSPS) is 12.5. The molecule has 53 heavy (non-hydrogen) atoms. The molecule has 0 spiro atoms. The minimum Gasteiger partial charge on any atom is -0.509 e. The van der Waals surface area contributed by atoms with Gasteiger partial charge in [-0.25, -0.2) is 4.98 Å². The molecule has 0 unspecified atom stereocenters. The number of ether oxygens (including phenoxy) is 1. The first kappa shape index (κ1) is 32.5. The van der Waals surface area contributed by atoms with Gasteiger partial charge in [0.2, 0.25) is 0 Å². The van der Waals surface area contributed by atoms with Gasteiger partial charge in [0.05, 0.1) is 11.0 Å². The van der Waals surface area contributed by atoms with E-state index in [4.69, 9.17) is 9.72 Å². The minimum atomic E-state index is 0. The monoisotopic (exact) mass is 774 g/mol. The zero-order valence-corrected chi connectivity index (χ0v) is 29.8. The maximum absolute atomic E-state index is 6.53. The number of rotatable bonds is 7. The van der Waals surface area contributed by atoms with E-state index in [1.807, 2.05) is 78.7 Å². The van der Waals surface area contributed by atoms with E-state index < -0.39 is 0 Å². The molecule has 4 heterocycles. The summed E-state index contributed by atoms with van der Waals surface area (Å²) in [5.74, 6) is 1.99. The van der Waals surface area contributed by atoms with Crippen molar-refractivity contribution in [3.8, 4) is 34.1 Å². The summed E-state index contributed by atoms with van der Waals surface area (Å²) in [5.41, 5.74) is 9.41. The molecule has 258 valence electrons. The van der Waals surface area contributed by atoms with Crippen molar-refractivity contribution in [2.75, 3.05) is 9.80 Å². The average Bonchev–Trinajstić information content (AvgIpc) is 3.92. The molecule has 0 bridgehead atoms. The largest absolute Gasteiger partial charge is 0.509 e. The summed E-state index contributed by atoms with van der Waals surface area (Å²) < 4.78 is 11.1. The molecular weight excluding hydrogens is 745 g/mol. The van der Waals surface area contributed by atoms with Gasteiger partial charge in [0.1, 0.15) is 5.82 Å². The predicted octanol–water partition coefficient (Wildman–Crippen LogP) is 11.1. The molecule has 9 aromatic rings. The topological polar surface area (TPSA) is 38.5 Å². The van der Waals surface area contributed by atoms with E-state index in [0.717, 1.165) is 66.8 Å². The number of hydrogen-bond donors (Lipinski definition) is 0. The summed E-state index contributed by atoms with van der Waals surface area (Å²) in [5, 5.41) is 2.17. The van der Waals surface area contributed by atoms with E-state index in [1.165, 1.54) is 0 Å². The van der Waals surface area contributed by atoms with Gasteiger partial charge in [-0.3, -0.25) is 0 Å². The molecule has 10 rings (SSSR count). The van der Waals surface area contributed by atoms with Gasteiger partial charge in [-0.1, -0.05) is 95.8 Å². The molecule has 0 radical (unpaired) electrons. The molecule has 0 saturated heterocycles. The van der Waals surface area contributed by atoms with Gasteiger partial charge in [-0.2, -0.15) is 12.1 Å². The number of fused-ring (bicyclic) bond motifs is 5. The Morgan fingerprint density at radius 3 is 2.02 bits per heavy atom. The van der Waals surface area contributed by atoms with Crippen LogP contribution in [0, 0.1) is 18.8 Å². The molecular formula is C46H30N5OPd-3. The summed E-state index contributed by atoms with van der Waals surface area (Å²) in [6, 6.07) is 61.1. The molecule has 1 aliphatic rings. The van der Waals surface area contributed by atoms with Gasteiger partial charge in [-0.05, 0) is 66.0 Å². The standard InChI is InChI=1S/C46H30N5O.Pd/c1-4-13-33(14-5-1)34-25-26-47-44(29-34)51-43-31-39(52-38-20-12-19-37(30-38)49-28-27-48(32-49)35-15-6-2-7-16-35)23-24-41(43)45-46(51)40-21-10-11-22-42(40)50(45)36-17-8-3-9-18-36;/h1-29,32H;/q-3;. The number of nitrogens with zero attached hydrogens (tertiary/aromatic N) is 5. The van der Waals surface area contributed by atoms with Gasteiger partial charge >= 0.3 is 0 Å². The fourth-order valence-corrected chi connectivity index (χ4v) is 7.14. The van der Waals surface area contributed by atoms with Crippen molar-refractivity contribution >= 4 is 44.2 Å². The number of anilines is 2. The predicted molar refractivity (Wildman–Crippen MR) is 210 cm³/mol. The third kappa shape index (κ3) is 5.77. The van der Waals surface area contributed by atoms with Crippen molar-refractivity contribution in [3.63, 3.8) is 0 Å². The first-order valence-electron chi connectivity index (χ1n) is 17.2. The Labute approximate surface area is 321 Å². The van der Waals surface area contributed by atoms with Crippen molar-refractivity contribution < 1.29 is 25.2 Å². The van der Waals surface area contributed by atoms with Crippen molar-refractivity contribution in [3.05, 3.63) is 195 Å². The molecule has 6 nitrogen and oxygen atoms in total. The molecule has 3 aromatic heterocycles. The van der Waals surface area contributed by atoms with E-state index in [1.54, 1.807) is 0 Å². The fraction of sp³-hybridized carbons (Fsp3) is 0. The van der Waals surface area contributed by atoms with Gasteiger partial charge in [0.15, 0.2) is 0 Å². The Balaban J connectivity index is 0.00000372. The third-order valence-electron chi connectivity index (χ3n) is 9.49. The minimum absolute atomic E-state index is 0. The molecule has 0 N–H and O–H groups in total. The fourth-order valence-electron chi connectivity index (χ4n) is 7.14. The number of aromatic nitrogens is 3. The van der Waals surface area contributed by atoms with Crippen LogP contribution >= 0.6 is 0 Å². The van der Waals surface area contributed by atoms with Crippen molar-refractivity contribution in [1.29, 1.82) is 0 Å². The van der Waals surface area contributed by atoms with Crippen LogP contribution in [0.4, 0.5) is 11.4 Å². The van der Waals surface area contributed by atoms with E-state index in [2.05, 4.69) is 135 Å². The average molecular weight is 775 g/mol. The number of pyridine rings is 1. The molecule has 0 fully saturated rings. The van der Waals surface area contributed by atoms with Crippen LogP contribution in [0.2, 0.25) is 0 Å². The molecule has 0 amide bonds. The van der Waals surface area contributed by atoms with Crippen molar-refractivity contribution in [1.82, 2.24) is 14.1 Å². The van der Waals surface area contributed by atoms with Crippen molar-refractivity contribution in [2.24, 2.45) is 0 Å². The summed E-state index contributed by atoms with van der Waals surface area (Å²) in [4.78, 5) is 9.07. The molecule has 0 saturated carbocycles. The first-order valence-corrected chi connectivity index (χ1v) is 17.2. The maximum Gasteiger partial charge on any atom is 0.136 e. The first-order chi connectivity index (χ1) is 25.8. The van der Waals surface area contributed by atoms with Crippen LogP contribution in [0.5, 0.6) is 11.5 Å². The smallest absolute Gasteiger partial charge is 0.136 e. The zero-order chi connectivity index (χ0) is 34.4. The van der Waals surface area contributed by atoms with E-state index in [9.17, 15) is 0 Å². The maximum atomic E-state index is 6.53. The molecule has 0 atom stereocenters. The second-order valence-corrected chi connectivity index (χ2v) is 12.6. The van der Waals surface area contributed by atoms with Crippen LogP contribution in [0.25, 0.3) is 55.5 Å². The zero-order valence-electron chi connectivity index (χ0n) is 28.3. The number of hydrogen-bond acceptors (Lipinski definition) is 4. The van der Waals surface area contributed by atoms with Crippen LogP contribution in [-0.2, 0) is 20.4 Å². The Kier molecular flexibility index (Phi) is 8.36. The van der Waals surface area contributed by atoms with E-state index >= 15 is 0 Å². The summed E-state index contributed by atoms with van der Waals surface area (Å²) in [6.07, 6.45) is 5.93. The summed E-state index contributed by atoms with van der Waals surface area (Å²) in [7, 11) is 0. The Bertz CT molecular complexity index is 2760. The molecule has 7 heteroatoms. The Morgan fingerprint density at radius 1 is 0.528 bits per heavy atom. The van der Waals surface area contributed by atoms with Gasteiger partial charge in [-0.15, -0.1) is 42.7 Å². The molecule has 1 aliphatic heterocycles. The van der Waals surface area contributed by atoms with E-state index in [0.29, 0.717) is 11.5 Å². The quantitative estimate of drug-likeness (QED) is 0.119. The SMILES string of the molecule is [Pd].[c-]1c(Oc2[c-]c3c(cc2)c2c(c4ccccc4n2-c2ccccc2)n3-c2cc(-c3ccccc3)ccn2)cccc1N1C=CN(c2ccccc2)[CH-]1. The molecule has 6 aromatic carbocycles. The molecule has 0 aliphatic carbocycles. The van der Waals surface area contributed by atoms with Crippen LogP contribution in [0.1, 0.15) is 0 Å².